The van der Waals surface area contributed by atoms with Crippen molar-refractivity contribution >= 4 is 23.6 Å². The van der Waals surface area contributed by atoms with E-state index in [-0.39, 0.29) is 5.97 Å². The first-order chi connectivity index (χ1) is 14.5. The van der Waals surface area contributed by atoms with Crippen LogP contribution in [0.15, 0.2) is 0 Å². The van der Waals surface area contributed by atoms with E-state index >= 15 is 0 Å². The molecule has 3 fully saturated rings. The van der Waals surface area contributed by atoms with Crippen molar-refractivity contribution in [2.45, 2.75) is 133 Å². The van der Waals surface area contributed by atoms with Crippen LogP contribution in [0.25, 0.3) is 0 Å². The van der Waals surface area contributed by atoms with E-state index in [0.717, 1.165) is 6.42 Å². The van der Waals surface area contributed by atoms with Gasteiger partial charge in [0.2, 0.25) is 0 Å². The van der Waals surface area contributed by atoms with Crippen molar-refractivity contribution < 1.29 is 18.1 Å². The van der Waals surface area contributed by atoms with E-state index in [1.165, 1.54) is 77.0 Å². The first-order valence-electron chi connectivity index (χ1n) is 12.9. The molecule has 6 heteroatoms. The van der Waals surface area contributed by atoms with Crippen LogP contribution in [0, 0.1) is 0 Å². The van der Waals surface area contributed by atoms with Crippen LogP contribution in [0.1, 0.15) is 111 Å². The Morgan fingerprint density at radius 3 is 1.47 bits per heavy atom. The minimum Gasteiger partial charge on any atom is -0.518 e. The van der Waals surface area contributed by atoms with E-state index in [9.17, 15) is 4.79 Å². The third kappa shape index (κ3) is 4.76. The Morgan fingerprint density at radius 2 is 1.17 bits per heavy atom. The molecule has 3 aliphatic carbocycles. The van der Waals surface area contributed by atoms with Crippen molar-refractivity contribution in [3.63, 3.8) is 0 Å². The third-order valence-electron chi connectivity index (χ3n) is 8.41. The molecule has 173 valence electrons. The largest absolute Gasteiger partial charge is 0.518 e. The monoisotopic (exact) mass is 453 g/mol. The summed E-state index contributed by atoms with van der Waals surface area (Å²) in [6, 6.07) is 0. The van der Waals surface area contributed by atoms with Crippen LogP contribution >= 0.6 is 0 Å². The zero-order chi connectivity index (χ0) is 21.6. The average Bonchev–Trinajstić information content (AvgIpc) is 3.54. The summed E-state index contributed by atoms with van der Waals surface area (Å²) in [6.45, 7) is 9.35. The zero-order valence-electron chi connectivity index (χ0n) is 20.0. The standard InChI is InChI=1S/C24H45O4Si2/c1-5-24(4,29(26-6-2)27-7-3)23(25)28-30(20-14-8-9-15-20,21-16-10-11-17-21)22-18-12-13-19-22/h20-22H,5-19H2,1-4H3. The normalized spacial score (nSPS) is 24.0. The lowest BCUT2D eigenvalue weighted by atomic mass is 10.1. The minimum atomic E-state index is -2.22. The molecule has 3 rings (SSSR count). The van der Waals surface area contributed by atoms with Gasteiger partial charge in [0.15, 0.2) is 0 Å². The first kappa shape index (κ1) is 24.5. The van der Waals surface area contributed by atoms with Crippen molar-refractivity contribution in [3.05, 3.63) is 0 Å². The third-order valence-corrected chi connectivity index (χ3v) is 17.1. The molecule has 0 amide bonds. The summed E-state index contributed by atoms with van der Waals surface area (Å²) in [7, 11) is -3.95. The summed E-state index contributed by atoms with van der Waals surface area (Å²) >= 11 is 0. The lowest BCUT2D eigenvalue weighted by Gasteiger charge is -2.47. The molecule has 0 aromatic carbocycles. The summed E-state index contributed by atoms with van der Waals surface area (Å²) in [5.41, 5.74) is 2.05. The Balaban J connectivity index is 1.95. The van der Waals surface area contributed by atoms with Crippen LogP contribution in [0.2, 0.25) is 21.7 Å². The van der Waals surface area contributed by atoms with Gasteiger partial charge in [0.1, 0.15) is 5.04 Å². The summed E-state index contributed by atoms with van der Waals surface area (Å²) in [4.78, 5) is 14.1. The van der Waals surface area contributed by atoms with Gasteiger partial charge in [-0.25, -0.2) is 0 Å². The lowest BCUT2D eigenvalue weighted by molar-refractivity contribution is -0.140. The van der Waals surface area contributed by atoms with Crippen molar-refractivity contribution in [1.82, 2.24) is 0 Å². The maximum absolute atomic E-state index is 14.1. The van der Waals surface area contributed by atoms with Gasteiger partial charge in [0, 0.05) is 13.2 Å². The van der Waals surface area contributed by atoms with Gasteiger partial charge in [-0.15, -0.1) is 0 Å². The topological polar surface area (TPSA) is 44.8 Å². The van der Waals surface area contributed by atoms with Crippen LogP contribution in [0.3, 0.4) is 0 Å². The highest BCUT2D eigenvalue weighted by atomic mass is 28.4. The van der Waals surface area contributed by atoms with Gasteiger partial charge in [-0.2, -0.15) is 0 Å². The molecule has 0 aliphatic heterocycles. The molecule has 0 heterocycles. The van der Waals surface area contributed by atoms with E-state index in [1.807, 2.05) is 13.8 Å². The number of carbonyl (C=O) groups is 1. The molecule has 3 aliphatic rings. The maximum Gasteiger partial charge on any atom is 0.402 e. The molecule has 1 unspecified atom stereocenters. The predicted octanol–water partition coefficient (Wildman–Crippen LogP) is 7.04. The second kappa shape index (κ2) is 11.1. The fourth-order valence-electron chi connectivity index (χ4n) is 6.65. The molecule has 0 aromatic rings. The van der Waals surface area contributed by atoms with Crippen molar-refractivity contribution in [1.29, 1.82) is 0 Å². The summed E-state index contributed by atoms with van der Waals surface area (Å²) in [6.07, 6.45) is 16.5. The smallest absolute Gasteiger partial charge is 0.402 e. The Labute approximate surface area is 187 Å². The van der Waals surface area contributed by atoms with Gasteiger partial charge < -0.3 is 13.3 Å². The molecule has 0 bridgehead atoms. The van der Waals surface area contributed by atoms with Gasteiger partial charge in [-0.3, -0.25) is 4.79 Å². The molecule has 3 saturated carbocycles. The van der Waals surface area contributed by atoms with Crippen LogP contribution in [0.4, 0.5) is 0 Å². The second-order valence-corrected chi connectivity index (χ2v) is 16.6. The van der Waals surface area contributed by atoms with Gasteiger partial charge in [0.05, 0.1) is 0 Å². The second-order valence-electron chi connectivity index (χ2n) is 10.0. The molecule has 0 aromatic heterocycles. The van der Waals surface area contributed by atoms with E-state index in [4.69, 9.17) is 13.3 Å². The quantitative estimate of drug-likeness (QED) is 0.315. The fraction of sp³-hybridized carbons (Fsp3) is 0.958. The van der Waals surface area contributed by atoms with E-state index in [1.54, 1.807) is 0 Å². The molecular weight excluding hydrogens is 408 g/mol. The van der Waals surface area contributed by atoms with E-state index in [2.05, 4.69) is 13.8 Å². The van der Waals surface area contributed by atoms with Crippen molar-refractivity contribution in [3.8, 4) is 0 Å². The Morgan fingerprint density at radius 1 is 0.800 bits per heavy atom. The Bertz CT molecular complexity index is 493. The van der Waals surface area contributed by atoms with Crippen LogP contribution in [-0.2, 0) is 18.1 Å². The van der Waals surface area contributed by atoms with Crippen LogP contribution < -0.4 is 0 Å². The molecule has 30 heavy (non-hydrogen) atoms. The zero-order valence-corrected chi connectivity index (χ0v) is 22.0. The highest BCUT2D eigenvalue weighted by Gasteiger charge is 2.60. The molecule has 0 N–H and O–H groups in total. The molecule has 0 saturated heterocycles. The van der Waals surface area contributed by atoms with Crippen molar-refractivity contribution in [2.24, 2.45) is 0 Å². The van der Waals surface area contributed by atoms with Gasteiger partial charge in [-0.05, 0) is 82.3 Å². The summed E-state index contributed by atoms with van der Waals surface area (Å²) in [5, 5.41) is -0.634. The SMILES string of the molecule is CCO[Si](OCC)C(C)(CC)C(=O)O[Si](C1CCCC1)(C1CCCC1)C1CCCC1. The maximum atomic E-state index is 14.1. The van der Waals surface area contributed by atoms with Crippen LogP contribution in [0.5, 0.6) is 0 Å². The number of carbonyl (C=O) groups excluding carboxylic acids is 1. The minimum absolute atomic E-state index is 0.0261. The molecule has 0 spiro atoms. The Kier molecular flexibility index (Phi) is 9.06. The van der Waals surface area contributed by atoms with Gasteiger partial charge in [0.25, 0.3) is 14.3 Å². The van der Waals surface area contributed by atoms with Gasteiger partial charge in [-0.1, -0.05) is 45.4 Å². The molecular formula is C24H45O4Si2. The summed E-state index contributed by atoms with van der Waals surface area (Å²) in [5.74, 6) is 0.0261. The molecule has 4 nitrogen and oxygen atoms in total. The first-order valence-corrected chi connectivity index (χ1v) is 16.3. The summed E-state index contributed by atoms with van der Waals surface area (Å²) < 4.78 is 19.2. The highest BCUT2D eigenvalue weighted by molar-refractivity contribution is 6.80. The van der Waals surface area contributed by atoms with E-state index in [0.29, 0.717) is 29.8 Å². The molecule has 1 atom stereocenters. The van der Waals surface area contributed by atoms with Gasteiger partial charge >= 0.3 is 9.28 Å². The average molecular weight is 454 g/mol. The van der Waals surface area contributed by atoms with Crippen LogP contribution in [-0.4, -0.2) is 36.8 Å². The lowest BCUT2D eigenvalue weighted by Crippen LogP contribution is -2.55. The van der Waals surface area contributed by atoms with E-state index < -0.39 is 22.6 Å². The molecule has 1 radical (unpaired) electrons. The Hall–Kier alpha value is -0.176. The number of hydrogen-bond acceptors (Lipinski definition) is 4. The fourth-order valence-corrected chi connectivity index (χ4v) is 15.5. The highest BCUT2D eigenvalue weighted by Crippen LogP contribution is 2.59. The number of rotatable bonds is 11. The number of hydrogen-bond donors (Lipinski definition) is 0. The van der Waals surface area contributed by atoms with Crippen molar-refractivity contribution in [2.75, 3.05) is 13.2 Å². The predicted molar refractivity (Wildman–Crippen MR) is 126 cm³/mol.